The largest absolute Gasteiger partial charge is 0.364 e. The number of anilines is 1. The van der Waals surface area contributed by atoms with Gasteiger partial charge in [-0.3, -0.25) is 0 Å². The first-order valence-electron chi connectivity index (χ1n) is 7.08. The molecule has 3 rings (SSSR count). The van der Waals surface area contributed by atoms with E-state index in [9.17, 15) is 0 Å². The van der Waals surface area contributed by atoms with E-state index in [1.54, 1.807) is 0 Å². The molecule has 19 heavy (non-hydrogen) atoms. The maximum atomic E-state index is 2.53. The highest BCUT2D eigenvalue weighted by Gasteiger charge is 2.23. The zero-order chi connectivity index (χ0) is 13.4. The van der Waals surface area contributed by atoms with Crippen molar-refractivity contribution in [2.45, 2.75) is 33.2 Å². The number of hydrogen-bond acceptors (Lipinski definition) is 1. The van der Waals surface area contributed by atoms with Crippen LogP contribution in [0.15, 0.2) is 42.5 Å². The van der Waals surface area contributed by atoms with E-state index in [2.05, 4.69) is 68.1 Å². The van der Waals surface area contributed by atoms with Gasteiger partial charge in [0.2, 0.25) is 0 Å². The minimum absolute atomic E-state index is 0.464. The Kier molecular flexibility index (Phi) is 3.06. The van der Waals surface area contributed by atoms with Gasteiger partial charge >= 0.3 is 0 Å². The Morgan fingerprint density at radius 1 is 1.00 bits per heavy atom. The van der Waals surface area contributed by atoms with E-state index < -0.39 is 0 Å². The van der Waals surface area contributed by atoms with Crippen LogP contribution in [-0.4, -0.2) is 6.54 Å². The molecule has 98 valence electrons. The van der Waals surface area contributed by atoms with E-state index >= 15 is 0 Å². The molecular weight excluding hydrogens is 230 g/mol. The molecule has 0 aromatic heterocycles. The lowest BCUT2D eigenvalue weighted by Gasteiger charge is -2.37. The van der Waals surface area contributed by atoms with Crippen LogP contribution in [0.3, 0.4) is 0 Å². The average molecular weight is 251 g/mol. The average Bonchev–Trinajstić information content (AvgIpc) is 2.38. The summed E-state index contributed by atoms with van der Waals surface area (Å²) in [7, 11) is 0. The second-order valence-corrected chi connectivity index (χ2v) is 5.66. The highest BCUT2D eigenvalue weighted by molar-refractivity contribution is 5.55. The summed E-state index contributed by atoms with van der Waals surface area (Å²) in [5.41, 5.74) is 7.05. The van der Waals surface area contributed by atoms with Crippen LogP contribution in [0.5, 0.6) is 0 Å². The molecule has 1 aliphatic heterocycles. The van der Waals surface area contributed by atoms with Crippen molar-refractivity contribution in [2.24, 2.45) is 0 Å². The number of hydrogen-bond donors (Lipinski definition) is 0. The van der Waals surface area contributed by atoms with E-state index in [1.807, 2.05) is 0 Å². The molecule has 1 aliphatic rings. The van der Waals surface area contributed by atoms with E-state index in [0.717, 1.165) is 13.0 Å². The van der Waals surface area contributed by atoms with E-state index in [0.29, 0.717) is 6.04 Å². The lowest BCUT2D eigenvalue weighted by Crippen LogP contribution is -2.33. The number of nitrogens with zero attached hydrogens (tertiary/aromatic N) is 1. The highest BCUT2D eigenvalue weighted by Crippen LogP contribution is 2.33. The zero-order valence-corrected chi connectivity index (χ0v) is 12.0. The summed E-state index contributed by atoms with van der Waals surface area (Å²) < 4.78 is 0. The Balaban J connectivity index is 1.99. The lowest BCUT2D eigenvalue weighted by atomic mass is 9.93. The topological polar surface area (TPSA) is 3.24 Å². The van der Waals surface area contributed by atoms with Crippen molar-refractivity contribution in [1.82, 2.24) is 0 Å². The molecule has 2 aromatic rings. The van der Waals surface area contributed by atoms with Crippen LogP contribution in [0, 0.1) is 13.8 Å². The summed E-state index contributed by atoms with van der Waals surface area (Å²) in [5.74, 6) is 0. The molecule has 0 saturated heterocycles. The highest BCUT2D eigenvalue weighted by atomic mass is 15.2. The van der Waals surface area contributed by atoms with Crippen LogP contribution in [0.4, 0.5) is 5.69 Å². The van der Waals surface area contributed by atoms with Gasteiger partial charge in [-0.1, -0.05) is 30.3 Å². The molecule has 2 aromatic carbocycles. The van der Waals surface area contributed by atoms with Crippen LogP contribution >= 0.6 is 0 Å². The quantitative estimate of drug-likeness (QED) is 0.725. The molecule has 0 spiro atoms. The van der Waals surface area contributed by atoms with E-state index in [1.165, 1.54) is 27.9 Å². The molecule has 1 heterocycles. The van der Waals surface area contributed by atoms with Gasteiger partial charge in [-0.25, -0.2) is 0 Å². The minimum atomic E-state index is 0.464. The number of fused-ring (bicyclic) bond motifs is 1. The van der Waals surface area contributed by atoms with Crippen molar-refractivity contribution in [3.05, 3.63) is 64.7 Å². The molecule has 0 amide bonds. The van der Waals surface area contributed by atoms with Gasteiger partial charge in [-0.05, 0) is 61.6 Å². The molecule has 1 atom stereocenters. The Morgan fingerprint density at radius 2 is 1.68 bits per heavy atom. The standard InChI is InChI=1S/C18H21N/c1-13-10-14(2)12-17(11-13)19-9-8-16-6-4-5-7-18(16)15(19)3/h4-7,10-12,15H,8-9H2,1-3H3/t15-/m0/s1. The molecule has 0 fully saturated rings. The van der Waals surface area contributed by atoms with Crippen molar-refractivity contribution in [1.29, 1.82) is 0 Å². The van der Waals surface area contributed by atoms with E-state index in [-0.39, 0.29) is 0 Å². The fraction of sp³-hybridized carbons (Fsp3) is 0.333. The summed E-state index contributed by atoms with van der Waals surface area (Å²) >= 11 is 0. The Labute approximate surface area is 115 Å². The first kappa shape index (κ1) is 12.3. The molecule has 0 saturated carbocycles. The molecule has 0 aliphatic carbocycles. The predicted molar refractivity (Wildman–Crippen MR) is 81.8 cm³/mol. The molecule has 1 heteroatoms. The van der Waals surface area contributed by atoms with Gasteiger partial charge in [-0.2, -0.15) is 0 Å². The molecule has 0 radical (unpaired) electrons. The minimum Gasteiger partial charge on any atom is -0.364 e. The van der Waals surface area contributed by atoms with Crippen LogP contribution in [-0.2, 0) is 6.42 Å². The maximum Gasteiger partial charge on any atom is 0.0517 e. The fourth-order valence-electron chi connectivity index (χ4n) is 3.24. The Bertz CT molecular complexity index is 580. The van der Waals surface area contributed by atoms with Crippen LogP contribution in [0.2, 0.25) is 0 Å². The Hall–Kier alpha value is -1.76. The maximum absolute atomic E-state index is 2.53. The van der Waals surface area contributed by atoms with Crippen LogP contribution in [0.25, 0.3) is 0 Å². The lowest BCUT2D eigenvalue weighted by molar-refractivity contribution is 0.624. The van der Waals surface area contributed by atoms with Crippen molar-refractivity contribution in [3.63, 3.8) is 0 Å². The second kappa shape index (κ2) is 4.73. The van der Waals surface area contributed by atoms with Crippen LogP contribution in [0.1, 0.15) is 35.2 Å². The summed E-state index contributed by atoms with van der Waals surface area (Å²) in [6.45, 7) is 7.79. The SMILES string of the molecule is Cc1cc(C)cc(N2CCc3ccccc3[C@@H]2C)c1. The summed E-state index contributed by atoms with van der Waals surface area (Å²) in [5, 5.41) is 0. The molecular formula is C18H21N. The van der Waals surface area contributed by atoms with Crippen molar-refractivity contribution < 1.29 is 0 Å². The third-order valence-electron chi connectivity index (χ3n) is 4.13. The summed E-state index contributed by atoms with van der Waals surface area (Å²) in [6.07, 6.45) is 1.15. The predicted octanol–water partition coefficient (Wildman–Crippen LogP) is 4.43. The third-order valence-corrected chi connectivity index (χ3v) is 4.13. The summed E-state index contributed by atoms with van der Waals surface area (Å²) in [6, 6.07) is 16.2. The molecule has 0 bridgehead atoms. The van der Waals surface area contributed by atoms with Crippen molar-refractivity contribution in [3.8, 4) is 0 Å². The number of aryl methyl sites for hydroxylation is 2. The molecule has 0 unspecified atom stereocenters. The van der Waals surface area contributed by atoms with Gasteiger partial charge in [0.05, 0.1) is 6.04 Å². The molecule has 0 N–H and O–H groups in total. The zero-order valence-electron chi connectivity index (χ0n) is 12.0. The normalized spacial score (nSPS) is 18.3. The van der Waals surface area contributed by atoms with Crippen molar-refractivity contribution in [2.75, 3.05) is 11.4 Å². The third kappa shape index (κ3) is 2.25. The smallest absolute Gasteiger partial charge is 0.0517 e. The van der Waals surface area contributed by atoms with Crippen molar-refractivity contribution >= 4 is 5.69 Å². The van der Waals surface area contributed by atoms with Gasteiger partial charge in [-0.15, -0.1) is 0 Å². The van der Waals surface area contributed by atoms with Gasteiger partial charge < -0.3 is 4.90 Å². The Morgan fingerprint density at radius 3 is 2.42 bits per heavy atom. The van der Waals surface area contributed by atoms with E-state index in [4.69, 9.17) is 0 Å². The number of benzene rings is 2. The van der Waals surface area contributed by atoms with Crippen LogP contribution < -0.4 is 4.90 Å². The molecule has 1 nitrogen and oxygen atoms in total. The van der Waals surface area contributed by atoms with Gasteiger partial charge in [0.15, 0.2) is 0 Å². The van der Waals surface area contributed by atoms with Gasteiger partial charge in [0.1, 0.15) is 0 Å². The van der Waals surface area contributed by atoms with Gasteiger partial charge in [0.25, 0.3) is 0 Å². The second-order valence-electron chi connectivity index (χ2n) is 5.66. The first-order valence-corrected chi connectivity index (χ1v) is 7.08. The first-order chi connectivity index (χ1) is 9.15. The van der Waals surface area contributed by atoms with Gasteiger partial charge in [0, 0.05) is 12.2 Å². The number of rotatable bonds is 1. The fourth-order valence-corrected chi connectivity index (χ4v) is 3.24. The summed E-state index contributed by atoms with van der Waals surface area (Å²) in [4.78, 5) is 2.53. The monoisotopic (exact) mass is 251 g/mol.